The maximum atomic E-state index is 11.8. The minimum absolute atomic E-state index is 0.405. The molecular weight excluding hydrogens is 298 g/mol. The summed E-state index contributed by atoms with van der Waals surface area (Å²) in [4.78, 5) is 26.0. The van der Waals surface area contributed by atoms with E-state index in [1.807, 2.05) is 16.8 Å². The number of thiophene rings is 1. The van der Waals surface area contributed by atoms with Crippen molar-refractivity contribution in [1.29, 1.82) is 0 Å². The van der Waals surface area contributed by atoms with E-state index in [1.54, 1.807) is 11.3 Å². The molecule has 0 atom stereocenters. The first-order valence-electron chi connectivity index (χ1n) is 7.87. The van der Waals surface area contributed by atoms with Gasteiger partial charge in [-0.1, -0.05) is 0 Å². The maximum Gasteiger partial charge on any atom is 0.309 e. The number of rotatable bonds is 5. The number of likely N-dealkylation sites (tertiary alicyclic amines) is 1. The van der Waals surface area contributed by atoms with Crippen molar-refractivity contribution in [1.82, 2.24) is 15.5 Å². The molecule has 2 amide bonds. The standard InChI is InChI=1S/C16H25N3O2S/c1-12(2)19-6-3-13(4-7-19)9-17-15(20)16(21)18-10-14-5-8-22-11-14/h5,8,11-13H,3-4,6-7,9-10H2,1-2H3,(H,17,20)(H,18,21). The van der Waals surface area contributed by atoms with Crippen LogP contribution in [0.25, 0.3) is 0 Å². The molecule has 0 spiro atoms. The summed E-state index contributed by atoms with van der Waals surface area (Å²) in [5, 5.41) is 9.31. The molecule has 1 aromatic heterocycles. The fraction of sp³-hybridized carbons (Fsp3) is 0.625. The largest absolute Gasteiger partial charge is 0.348 e. The predicted molar refractivity (Wildman–Crippen MR) is 88.6 cm³/mol. The van der Waals surface area contributed by atoms with E-state index in [1.165, 1.54) is 0 Å². The van der Waals surface area contributed by atoms with Crippen molar-refractivity contribution in [3.8, 4) is 0 Å². The van der Waals surface area contributed by atoms with Crippen LogP contribution in [0.1, 0.15) is 32.3 Å². The van der Waals surface area contributed by atoms with Crippen molar-refractivity contribution in [3.63, 3.8) is 0 Å². The zero-order chi connectivity index (χ0) is 15.9. The molecule has 22 heavy (non-hydrogen) atoms. The molecule has 1 aliphatic heterocycles. The van der Waals surface area contributed by atoms with Gasteiger partial charge in [0.15, 0.2) is 0 Å². The highest BCUT2D eigenvalue weighted by Gasteiger charge is 2.22. The van der Waals surface area contributed by atoms with Crippen molar-refractivity contribution in [2.45, 2.75) is 39.3 Å². The van der Waals surface area contributed by atoms with Gasteiger partial charge in [0.1, 0.15) is 0 Å². The molecule has 0 unspecified atom stereocenters. The summed E-state index contributed by atoms with van der Waals surface area (Å²) in [7, 11) is 0. The third-order valence-electron chi connectivity index (χ3n) is 4.17. The molecule has 0 aliphatic carbocycles. The summed E-state index contributed by atoms with van der Waals surface area (Å²) in [6.45, 7) is 7.56. The van der Waals surface area contributed by atoms with E-state index in [4.69, 9.17) is 0 Å². The molecule has 5 nitrogen and oxygen atoms in total. The number of amides is 2. The molecule has 1 fully saturated rings. The van der Waals surface area contributed by atoms with Gasteiger partial charge in [-0.05, 0) is 68.1 Å². The van der Waals surface area contributed by atoms with Gasteiger partial charge in [0.25, 0.3) is 0 Å². The second-order valence-corrected chi connectivity index (χ2v) is 6.88. The number of carbonyl (C=O) groups is 2. The Balaban J connectivity index is 1.64. The third-order valence-corrected chi connectivity index (χ3v) is 4.90. The number of hydrogen-bond acceptors (Lipinski definition) is 4. The second-order valence-electron chi connectivity index (χ2n) is 6.10. The number of piperidine rings is 1. The van der Waals surface area contributed by atoms with Gasteiger partial charge in [0, 0.05) is 19.1 Å². The van der Waals surface area contributed by atoms with Crippen LogP contribution in [0.3, 0.4) is 0 Å². The topological polar surface area (TPSA) is 61.4 Å². The minimum Gasteiger partial charge on any atom is -0.348 e. The van der Waals surface area contributed by atoms with Gasteiger partial charge in [-0.3, -0.25) is 9.59 Å². The van der Waals surface area contributed by atoms with Gasteiger partial charge in [-0.25, -0.2) is 0 Å². The lowest BCUT2D eigenvalue weighted by molar-refractivity contribution is -0.139. The van der Waals surface area contributed by atoms with E-state index in [-0.39, 0.29) is 0 Å². The molecule has 1 saturated heterocycles. The molecule has 1 aliphatic rings. The normalized spacial score (nSPS) is 16.7. The van der Waals surface area contributed by atoms with Gasteiger partial charge < -0.3 is 15.5 Å². The summed E-state index contributed by atoms with van der Waals surface area (Å²) in [5.74, 6) is -0.601. The number of nitrogens with zero attached hydrogens (tertiary/aromatic N) is 1. The lowest BCUT2D eigenvalue weighted by Crippen LogP contribution is -2.44. The summed E-state index contributed by atoms with van der Waals surface area (Å²) in [6.07, 6.45) is 2.16. The first kappa shape index (κ1) is 17.0. The Morgan fingerprint density at radius 2 is 1.95 bits per heavy atom. The van der Waals surface area contributed by atoms with Crippen LogP contribution in [0.15, 0.2) is 16.8 Å². The number of nitrogens with one attached hydrogen (secondary N) is 2. The fourth-order valence-corrected chi connectivity index (χ4v) is 3.32. The Hall–Kier alpha value is -1.40. The SMILES string of the molecule is CC(C)N1CCC(CNC(=O)C(=O)NCc2ccsc2)CC1. The molecule has 0 saturated carbocycles. The predicted octanol–water partition coefficient (Wildman–Crippen LogP) is 1.60. The first-order chi connectivity index (χ1) is 10.6. The Labute approximate surface area is 136 Å². The quantitative estimate of drug-likeness (QED) is 0.809. The highest BCUT2D eigenvalue weighted by molar-refractivity contribution is 7.07. The van der Waals surface area contributed by atoms with E-state index in [2.05, 4.69) is 29.4 Å². The highest BCUT2D eigenvalue weighted by atomic mass is 32.1. The minimum atomic E-state index is -0.550. The lowest BCUT2D eigenvalue weighted by atomic mass is 9.96. The highest BCUT2D eigenvalue weighted by Crippen LogP contribution is 2.17. The van der Waals surface area contributed by atoms with Crippen molar-refractivity contribution in [3.05, 3.63) is 22.4 Å². The molecule has 0 radical (unpaired) electrons. The molecule has 2 heterocycles. The smallest absolute Gasteiger partial charge is 0.309 e. The molecule has 2 rings (SSSR count). The second kappa shape index (κ2) is 8.29. The van der Waals surface area contributed by atoms with Crippen LogP contribution in [0, 0.1) is 5.92 Å². The van der Waals surface area contributed by atoms with E-state index >= 15 is 0 Å². The monoisotopic (exact) mass is 323 g/mol. The Bertz CT molecular complexity index is 480. The summed E-state index contributed by atoms with van der Waals surface area (Å²) >= 11 is 1.57. The van der Waals surface area contributed by atoms with Crippen LogP contribution in [0.4, 0.5) is 0 Å². The van der Waals surface area contributed by atoms with Crippen LogP contribution in [-0.2, 0) is 16.1 Å². The third kappa shape index (κ3) is 5.10. The van der Waals surface area contributed by atoms with Crippen LogP contribution < -0.4 is 10.6 Å². The van der Waals surface area contributed by atoms with E-state index < -0.39 is 11.8 Å². The van der Waals surface area contributed by atoms with Gasteiger partial charge in [0.2, 0.25) is 0 Å². The average Bonchev–Trinajstić information content (AvgIpc) is 3.04. The van der Waals surface area contributed by atoms with E-state index in [0.29, 0.717) is 25.0 Å². The fourth-order valence-electron chi connectivity index (χ4n) is 2.65. The Morgan fingerprint density at radius 1 is 1.27 bits per heavy atom. The zero-order valence-corrected chi connectivity index (χ0v) is 14.1. The summed E-state index contributed by atoms with van der Waals surface area (Å²) < 4.78 is 0. The van der Waals surface area contributed by atoms with E-state index in [0.717, 1.165) is 31.5 Å². The molecule has 0 aromatic carbocycles. The van der Waals surface area contributed by atoms with Gasteiger partial charge >= 0.3 is 11.8 Å². The lowest BCUT2D eigenvalue weighted by Gasteiger charge is -2.34. The molecular formula is C16H25N3O2S. The molecule has 2 N–H and O–H groups in total. The zero-order valence-electron chi connectivity index (χ0n) is 13.3. The maximum absolute atomic E-state index is 11.8. The van der Waals surface area contributed by atoms with Gasteiger partial charge in [-0.2, -0.15) is 11.3 Å². The summed E-state index contributed by atoms with van der Waals surface area (Å²) in [5.41, 5.74) is 1.02. The van der Waals surface area contributed by atoms with Crippen LogP contribution in [-0.4, -0.2) is 42.4 Å². The molecule has 0 bridgehead atoms. The van der Waals surface area contributed by atoms with Crippen LogP contribution in [0.2, 0.25) is 0 Å². The number of hydrogen-bond donors (Lipinski definition) is 2. The summed E-state index contributed by atoms with van der Waals surface area (Å²) in [6, 6.07) is 2.52. The Morgan fingerprint density at radius 3 is 2.55 bits per heavy atom. The average molecular weight is 323 g/mol. The van der Waals surface area contributed by atoms with Crippen molar-refractivity contribution < 1.29 is 9.59 Å². The molecule has 122 valence electrons. The molecule has 6 heteroatoms. The van der Waals surface area contributed by atoms with Crippen molar-refractivity contribution in [2.24, 2.45) is 5.92 Å². The Kier molecular flexibility index (Phi) is 6.39. The molecule has 1 aromatic rings. The first-order valence-corrected chi connectivity index (χ1v) is 8.81. The van der Waals surface area contributed by atoms with E-state index in [9.17, 15) is 9.59 Å². The van der Waals surface area contributed by atoms with Crippen LogP contribution >= 0.6 is 11.3 Å². The van der Waals surface area contributed by atoms with Crippen LogP contribution in [0.5, 0.6) is 0 Å². The van der Waals surface area contributed by atoms with Gasteiger partial charge in [-0.15, -0.1) is 0 Å². The van der Waals surface area contributed by atoms with Crippen molar-refractivity contribution in [2.75, 3.05) is 19.6 Å². The number of carbonyl (C=O) groups excluding carboxylic acids is 2. The van der Waals surface area contributed by atoms with Gasteiger partial charge in [0.05, 0.1) is 0 Å². The van der Waals surface area contributed by atoms with Crippen molar-refractivity contribution >= 4 is 23.2 Å².